The molecule has 3 aromatic rings. The molecule has 3 N–H and O–H groups in total. The molecule has 0 saturated carbocycles. The van der Waals surface area contributed by atoms with E-state index in [1.165, 1.54) is 6.20 Å². The first-order chi connectivity index (χ1) is 16.5. The van der Waals surface area contributed by atoms with Crippen molar-refractivity contribution in [2.75, 3.05) is 24.8 Å². The summed E-state index contributed by atoms with van der Waals surface area (Å²) in [5.41, 5.74) is 2.11. The second-order valence-electron chi connectivity index (χ2n) is 7.81. The van der Waals surface area contributed by atoms with Crippen LogP contribution in [-0.4, -0.2) is 45.7 Å². The number of ether oxygens (including phenoxy) is 1. The molecule has 10 nitrogen and oxygen atoms in total. The first kappa shape index (κ1) is 24.7. The number of hydrogen-bond donors (Lipinski definition) is 3. The standard InChI is InChI=1S/C24H31N7O3/c1-5-6-7-8-12-21(32)29-20-13-19(17(14-26-20)24(33)25-2)28-18-11-9-10-16(22(18)34-4)23-27-15-31(3)30-23/h9-11,13-15H,5-8,12H2,1-4H3,(H,25,33)(H2,26,28,29,32). The highest BCUT2D eigenvalue weighted by atomic mass is 16.5. The van der Waals surface area contributed by atoms with Crippen molar-refractivity contribution in [2.24, 2.45) is 7.05 Å². The molecule has 0 atom stereocenters. The Morgan fingerprint density at radius 1 is 1.12 bits per heavy atom. The normalized spacial score (nSPS) is 10.6. The average Bonchev–Trinajstić information content (AvgIpc) is 3.27. The predicted octanol–water partition coefficient (Wildman–Crippen LogP) is 3.90. The molecule has 0 aliphatic carbocycles. The van der Waals surface area contributed by atoms with Gasteiger partial charge < -0.3 is 20.7 Å². The number of rotatable bonds is 11. The van der Waals surface area contributed by atoms with Gasteiger partial charge in [-0.1, -0.05) is 32.3 Å². The predicted molar refractivity (Wildman–Crippen MR) is 131 cm³/mol. The van der Waals surface area contributed by atoms with Crippen molar-refractivity contribution in [3.63, 3.8) is 0 Å². The van der Waals surface area contributed by atoms with Crippen molar-refractivity contribution in [3.8, 4) is 17.1 Å². The number of amides is 2. The van der Waals surface area contributed by atoms with Crippen LogP contribution in [0.4, 0.5) is 17.2 Å². The van der Waals surface area contributed by atoms with E-state index in [1.54, 1.807) is 38.3 Å². The Bertz CT molecular complexity index is 1140. The monoisotopic (exact) mass is 465 g/mol. The van der Waals surface area contributed by atoms with E-state index in [2.05, 4.69) is 37.9 Å². The third-order valence-electron chi connectivity index (χ3n) is 5.23. The van der Waals surface area contributed by atoms with Gasteiger partial charge in [0.25, 0.3) is 5.91 Å². The fourth-order valence-corrected chi connectivity index (χ4v) is 3.50. The third-order valence-corrected chi connectivity index (χ3v) is 5.23. The largest absolute Gasteiger partial charge is 0.494 e. The summed E-state index contributed by atoms with van der Waals surface area (Å²) in [6.45, 7) is 2.13. The zero-order valence-electron chi connectivity index (χ0n) is 20.0. The highest BCUT2D eigenvalue weighted by molar-refractivity contribution is 6.01. The van der Waals surface area contributed by atoms with Crippen molar-refractivity contribution < 1.29 is 14.3 Å². The molecule has 0 saturated heterocycles. The molecule has 2 amide bonds. The zero-order valence-corrected chi connectivity index (χ0v) is 20.0. The van der Waals surface area contributed by atoms with Crippen LogP contribution in [0.15, 0.2) is 36.8 Å². The van der Waals surface area contributed by atoms with Gasteiger partial charge in [-0.25, -0.2) is 9.97 Å². The van der Waals surface area contributed by atoms with Crippen molar-refractivity contribution in [1.82, 2.24) is 25.1 Å². The number of para-hydroxylation sites is 1. The summed E-state index contributed by atoms with van der Waals surface area (Å²) in [4.78, 5) is 33.4. The summed E-state index contributed by atoms with van der Waals surface area (Å²) in [5.74, 6) is 0.976. The quantitative estimate of drug-likeness (QED) is 0.367. The van der Waals surface area contributed by atoms with Gasteiger partial charge in [-0.2, -0.15) is 5.10 Å². The van der Waals surface area contributed by atoms with Crippen LogP contribution in [0.25, 0.3) is 11.4 Å². The summed E-state index contributed by atoms with van der Waals surface area (Å²) in [5, 5.41) is 13.1. The van der Waals surface area contributed by atoms with Gasteiger partial charge in [0.1, 0.15) is 12.1 Å². The molecule has 0 spiro atoms. The van der Waals surface area contributed by atoms with Gasteiger partial charge in [0.05, 0.1) is 29.6 Å². The van der Waals surface area contributed by atoms with Crippen LogP contribution in [-0.2, 0) is 11.8 Å². The van der Waals surface area contributed by atoms with Crippen LogP contribution >= 0.6 is 0 Å². The minimum absolute atomic E-state index is 0.108. The van der Waals surface area contributed by atoms with E-state index in [9.17, 15) is 9.59 Å². The lowest BCUT2D eigenvalue weighted by molar-refractivity contribution is -0.116. The molecule has 0 fully saturated rings. The Labute approximate surface area is 199 Å². The summed E-state index contributed by atoms with van der Waals surface area (Å²) in [6, 6.07) is 7.16. The molecule has 2 aromatic heterocycles. The van der Waals surface area contributed by atoms with Crippen molar-refractivity contribution in [3.05, 3.63) is 42.4 Å². The Morgan fingerprint density at radius 2 is 1.94 bits per heavy atom. The van der Waals surface area contributed by atoms with E-state index in [-0.39, 0.29) is 11.8 Å². The molecular weight excluding hydrogens is 434 g/mol. The fraction of sp³-hybridized carbons (Fsp3) is 0.375. The highest BCUT2D eigenvalue weighted by Gasteiger charge is 2.18. The summed E-state index contributed by atoms with van der Waals surface area (Å²) in [7, 11) is 4.90. The second-order valence-corrected chi connectivity index (χ2v) is 7.81. The lowest BCUT2D eigenvalue weighted by Gasteiger charge is -2.17. The first-order valence-corrected chi connectivity index (χ1v) is 11.3. The molecule has 0 aliphatic heterocycles. The van der Waals surface area contributed by atoms with E-state index in [0.717, 1.165) is 25.7 Å². The van der Waals surface area contributed by atoms with Gasteiger partial charge in [0, 0.05) is 32.8 Å². The smallest absolute Gasteiger partial charge is 0.254 e. The molecule has 1 aromatic carbocycles. The zero-order chi connectivity index (χ0) is 24.5. The summed E-state index contributed by atoms with van der Waals surface area (Å²) >= 11 is 0. The van der Waals surface area contributed by atoms with Crippen LogP contribution in [0, 0.1) is 0 Å². The van der Waals surface area contributed by atoms with Crippen molar-refractivity contribution in [1.29, 1.82) is 0 Å². The van der Waals surface area contributed by atoms with Crippen LogP contribution in [0.5, 0.6) is 5.75 Å². The van der Waals surface area contributed by atoms with E-state index in [4.69, 9.17) is 4.74 Å². The van der Waals surface area contributed by atoms with Gasteiger partial charge in [-0.3, -0.25) is 14.3 Å². The van der Waals surface area contributed by atoms with E-state index in [0.29, 0.717) is 46.3 Å². The number of aryl methyl sites for hydroxylation is 1. The van der Waals surface area contributed by atoms with Crippen LogP contribution in [0.2, 0.25) is 0 Å². The number of hydrogen-bond acceptors (Lipinski definition) is 7. The van der Waals surface area contributed by atoms with Gasteiger partial charge in [-0.05, 0) is 18.6 Å². The number of anilines is 3. The maximum absolute atomic E-state index is 12.5. The second kappa shape index (κ2) is 11.8. The Morgan fingerprint density at radius 3 is 2.62 bits per heavy atom. The van der Waals surface area contributed by atoms with Crippen molar-refractivity contribution in [2.45, 2.75) is 39.0 Å². The Kier molecular flexibility index (Phi) is 8.55. The minimum atomic E-state index is -0.311. The number of benzene rings is 1. The van der Waals surface area contributed by atoms with Gasteiger partial charge in [0.15, 0.2) is 11.6 Å². The molecule has 2 heterocycles. The molecular formula is C24H31N7O3. The number of carbonyl (C=O) groups excluding carboxylic acids is 2. The van der Waals surface area contributed by atoms with Crippen LogP contribution in [0.1, 0.15) is 49.4 Å². The number of pyridine rings is 1. The highest BCUT2D eigenvalue weighted by Crippen LogP contribution is 2.37. The molecule has 3 rings (SSSR count). The lowest BCUT2D eigenvalue weighted by Crippen LogP contribution is -2.20. The molecule has 34 heavy (non-hydrogen) atoms. The molecule has 0 aliphatic rings. The SMILES string of the molecule is CCCCCCC(=O)Nc1cc(Nc2cccc(-c3ncn(C)n3)c2OC)c(C(=O)NC)cn1. The Balaban J connectivity index is 1.90. The van der Waals surface area contributed by atoms with E-state index < -0.39 is 0 Å². The van der Waals surface area contributed by atoms with Crippen LogP contribution in [0.3, 0.4) is 0 Å². The molecule has 10 heteroatoms. The van der Waals surface area contributed by atoms with E-state index >= 15 is 0 Å². The number of nitrogens with zero attached hydrogens (tertiary/aromatic N) is 4. The molecule has 0 radical (unpaired) electrons. The number of aromatic nitrogens is 4. The molecule has 0 unspecified atom stereocenters. The topological polar surface area (TPSA) is 123 Å². The number of nitrogens with one attached hydrogen (secondary N) is 3. The van der Waals surface area contributed by atoms with Gasteiger partial charge >= 0.3 is 0 Å². The number of methoxy groups -OCH3 is 1. The molecule has 180 valence electrons. The van der Waals surface area contributed by atoms with Crippen LogP contribution < -0.4 is 20.7 Å². The lowest BCUT2D eigenvalue weighted by atomic mass is 10.1. The maximum atomic E-state index is 12.5. The van der Waals surface area contributed by atoms with Gasteiger partial charge in [-0.15, -0.1) is 0 Å². The average molecular weight is 466 g/mol. The number of unbranched alkanes of at least 4 members (excludes halogenated alkanes) is 3. The van der Waals surface area contributed by atoms with Gasteiger partial charge in [0.2, 0.25) is 5.91 Å². The Hall–Kier alpha value is -3.95. The number of carbonyl (C=O) groups is 2. The van der Waals surface area contributed by atoms with Crippen molar-refractivity contribution >= 4 is 29.0 Å². The minimum Gasteiger partial charge on any atom is -0.494 e. The first-order valence-electron chi connectivity index (χ1n) is 11.3. The summed E-state index contributed by atoms with van der Waals surface area (Å²) < 4.78 is 7.27. The third kappa shape index (κ3) is 6.09. The maximum Gasteiger partial charge on any atom is 0.254 e. The molecule has 0 bridgehead atoms. The fourth-order valence-electron chi connectivity index (χ4n) is 3.50. The summed E-state index contributed by atoms with van der Waals surface area (Å²) in [6.07, 6.45) is 7.53. The van der Waals surface area contributed by atoms with E-state index in [1.807, 2.05) is 18.2 Å².